The first-order valence-corrected chi connectivity index (χ1v) is 9.02. The molecular formula is C19H19N3OS. The Hall–Kier alpha value is -2.27. The number of nitrogens with zero attached hydrogens (tertiary/aromatic N) is 3. The molecule has 5 heteroatoms. The molecule has 24 heavy (non-hydrogen) atoms. The van der Waals surface area contributed by atoms with E-state index in [0.717, 1.165) is 57.2 Å². The number of hydrogen-bond acceptors (Lipinski definition) is 4. The van der Waals surface area contributed by atoms with Crippen molar-refractivity contribution in [2.75, 3.05) is 11.4 Å². The van der Waals surface area contributed by atoms with E-state index < -0.39 is 0 Å². The minimum Gasteiger partial charge on any atom is -0.307 e. The van der Waals surface area contributed by atoms with Gasteiger partial charge in [-0.25, -0.2) is 9.97 Å². The molecule has 0 saturated heterocycles. The van der Waals surface area contributed by atoms with Crippen LogP contribution in [-0.4, -0.2) is 22.4 Å². The average Bonchev–Trinajstić information content (AvgIpc) is 2.90. The molecule has 1 aliphatic heterocycles. The second-order valence-electron chi connectivity index (χ2n) is 6.28. The average molecular weight is 337 g/mol. The highest BCUT2D eigenvalue weighted by Gasteiger charge is 2.27. The number of carbonyl (C=O) groups excluding carboxylic acids is 1. The lowest BCUT2D eigenvalue weighted by Gasteiger charge is -2.29. The third-order valence-electron chi connectivity index (χ3n) is 4.63. The topological polar surface area (TPSA) is 46.1 Å². The van der Waals surface area contributed by atoms with Crippen LogP contribution in [0.15, 0.2) is 24.3 Å². The Morgan fingerprint density at radius 3 is 2.79 bits per heavy atom. The summed E-state index contributed by atoms with van der Waals surface area (Å²) in [6.07, 6.45) is 2.04. The number of carbonyl (C=O) groups is 1. The lowest BCUT2D eigenvalue weighted by molar-refractivity contribution is 0.0988. The lowest BCUT2D eigenvalue weighted by atomic mass is 10.0. The summed E-state index contributed by atoms with van der Waals surface area (Å²) in [5, 5.41) is 1.03. The van der Waals surface area contributed by atoms with Gasteiger partial charge in [0.25, 0.3) is 5.91 Å². The lowest BCUT2D eigenvalue weighted by Crippen LogP contribution is -2.35. The van der Waals surface area contributed by atoms with E-state index in [9.17, 15) is 4.79 Å². The first-order chi connectivity index (χ1) is 11.6. The zero-order valence-corrected chi connectivity index (χ0v) is 14.9. The molecule has 4 rings (SSSR count). The van der Waals surface area contributed by atoms with Crippen molar-refractivity contribution in [3.63, 3.8) is 0 Å². The molecule has 1 aliphatic rings. The minimum absolute atomic E-state index is 0.0831. The number of anilines is 1. The normalized spacial score (nSPS) is 14.0. The highest BCUT2D eigenvalue weighted by molar-refractivity contribution is 7.20. The Balaban J connectivity index is 1.83. The Morgan fingerprint density at radius 1 is 1.17 bits per heavy atom. The molecule has 1 amide bonds. The molecule has 0 fully saturated rings. The van der Waals surface area contributed by atoms with Crippen molar-refractivity contribution in [2.45, 2.75) is 33.6 Å². The van der Waals surface area contributed by atoms with Crippen LogP contribution in [-0.2, 0) is 6.42 Å². The third-order valence-corrected chi connectivity index (χ3v) is 5.81. The molecular weight excluding hydrogens is 318 g/mol. The molecule has 3 aromatic rings. The SMILES string of the molecule is Cc1nc(C)c2c(C)c(C(=O)N3CCCc4ccccc43)sc2n1. The molecule has 0 unspecified atom stereocenters. The van der Waals surface area contributed by atoms with Crippen molar-refractivity contribution in [1.29, 1.82) is 0 Å². The summed E-state index contributed by atoms with van der Waals surface area (Å²) in [7, 11) is 0. The van der Waals surface area contributed by atoms with Gasteiger partial charge in [0.1, 0.15) is 10.7 Å². The standard InChI is InChI=1S/C19H19N3OS/c1-11-16-12(2)20-13(3)21-18(16)24-17(11)19(23)22-10-6-8-14-7-4-5-9-15(14)22/h4-5,7,9H,6,8,10H2,1-3H3. The van der Waals surface area contributed by atoms with Gasteiger partial charge >= 0.3 is 0 Å². The van der Waals surface area contributed by atoms with Crippen molar-refractivity contribution in [2.24, 2.45) is 0 Å². The van der Waals surface area contributed by atoms with Crippen LogP contribution >= 0.6 is 11.3 Å². The van der Waals surface area contributed by atoms with E-state index in [2.05, 4.69) is 16.0 Å². The number of rotatable bonds is 1. The molecule has 4 nitrogen and oxygen atoms in total. The number of aryl methyl sites for hydroxylation is 4. The van der Waals surface area contributed by atoms with Gasteiger partial charge in [0.05, 0.1) is 4.88 Å². The number of para-hydroxylation sites is 1. The van der Waals surface area contributed by atoms with Gasteiger partial charge in [0.15, 0.2) is 0 Å². The monoisotopic (exact) mass is 337 g/mol. The minimum atomic E-state index is 0.0831. The van der Waals surface area contributed by atoms with Gasteiger partial charge < -0.3 is 4.90 Å². The second-order valence-corrected chi connectivity index (χ2v) is 7.28. The van der Waals surface area contributed by atoms with Crippen LogP contribution in [0.3, 0.4) is 0 Å². The van der Waals surface area contributed by atoms with Crippen molar-refractivity contribution >= 4 is 33.1 Å². The molecule has 0 radical (unpaired) electrons. The fourth-order valence-electron chi connectivity index (χ4n) is 3.54. The number of aromatic nitrogens is 2. The first-order valence-electron chi connectivity index (χ1n) is 8.20. The molecule has 0 bridgehead atoms. The predicted molar refractivity (Wildman–Crippen MR) is 98.1 cm³/mol. The number of hydrogen-bond donors (Lipinski definition) is 0. The maximum atomic E-state index is 13.2. The molecule has 0 saturated carbocycles. The largest absolute Gasteiger partial charge is 0.307 e. The van der Waals surface area contributed by atoms with Crippen molar-refractivity contribution in [3.05, 3.63) is 51.8 Å². The summed E-state index contributed by atoms with van der Waals surface area (Å²) in [4.78, 5) is 25.8. The Labute approximate surface area is 145 Å². The molecule has 0 atom stereocenters. The zero-order valence-electron chi connectivity index (χ0n) is 14.1. The summed E-state index contributed by atoms with van der Waals surface area (Å²) >= 11 is 1.49. The summed E-state index contributed by atoms with van der Waals surface area (Å²) in [5.41, 5.74) is 4.25. The Bertz CT molecular complexity index is 961. The van der Waals surface area contributed by atoms with Crippen LogP contribution < -0.4 is 4.90 Å². The van der Waals surface area contributed by atoms with Gasteiger partial charge in [0, 0.05) is 23.3 Å². The van der Waals surface area contributed by atoms with Gasteiger partial charge in [0.2, 0.25) is 0 Å². The van der Waals surface area contributed by atoms with E-state index in [4.69, 9.17) is 0 Å². The molecule has 1 aromatic carbocycles. The second kappa shape index (κ2) is 5.67. The molecule has 122 valence electrons. The molecule has 2 aromatic heterocycles. The summed E-state index contributed by atoms with van der Waals surface area (Å²) < 4.78 is 0. The Morgan fingerprint density at radius 2 is 1.96 bits per heavy atom. The van der Waals surface area contributed by atoms with Crippen molar-refractivity contribution in [1.82, 2.24) is 9.97 Å². The first kappa shape index (κ1) is 15.3. The van der Waals surface area contributed by atoms with Gasteiger partial charge in [-0.1, -0.05) is 18.2 Å². The van der Waals surface area contributed by atoms with E-state index in [-0.39, 0.29) is 5.91 Å². The smallest absolute Gasteiger partial charge is 0.268 e. The number of thiophene rings is 1. The van der Waals surface area contributed by atoms with E-state index >= 15 is 0 Å². The highest BCUT2D eigenvalue weighted by atomic mass is 32.1. The maximum absolute atomic E-state index is 13.2. The van der Waals surface area contributed by atoms with E-state index in [1.165, 1.54) is 16.9 Å². The quantitative estimate of drug-likeness (QED) is 0.668. The van der Waals surface area contributed by atoms with E-state index in [1.807, 2.05) is 43.9 Å². The molecule has 0 N–H and O–H groups in total. The van der Waals surface area contributed by atoms with E-state index in [0.29, 0.717) is 0 Å². The van der Waals surface area contributed by atoms with Gasteiger partial charge in [-0.2, -0.15) is 0 Å². The summed E-state index contributed by atoms with van der Waals surface area (Å²) in [6, 6.07) is 8.20. The Kier molecular flexibility index (Phi) is 3.61. The molecule has 0 spiro atoms. The third kappa shape index (κ3) is 2.31. The van der Waals surface area contributed by atoms with Crippen molar-refractivity contribution in [3.8, 4) is 0 Å². The van der Waals surface area contributed by atoms with Crippen LogP contribution in [0.1, 0.15) is 38.7 Å². The number of benzene rings is 1. The maximum Gasteiger partial charge on any atom is 0.268 e. The highest BCUT2D eigenvalue weighted by Crippen LogP contribution is 2.35. The van der Waals surface area contributed by atoms with Crippen LogP contribution in [0.25, 0.3) is 10.2 Å². The van der Waals surface area contributed by atoms with Crippen LogP contribution in [0, 0.1) is 20.8 Å². The van der Waals surface area contributed by atoms with Crippen LogP contribution in [0.5, 0.6) is 0 Å². The fourth-order valence-corrected chi connectivity index (χ4v) is 4.77. The van der Waals surface area contributed by atoms with Gasteiger partial charge in [-0.15, -0.1) is 11.3 Å². The van der Waals surface area contributed by atoms with Crippen LogP contribution in [0.2, 0.25) is 0 Å². The van der Waals surface area contributed by atoms with E-state index in [1.54, 1.807) is 0 Å². The molecule has 0 aliphatic carbocycles. The summed E-state index contributed by atoms with van der Waals surface area (Å²) in [5.74, 6) is 0.836. The van der Waals surface area contributed by atoms with Crippen LogP contribution in [0.4, 0.5) is 5.69 Å². The van der Waals surface area contributed by atoms with Gasteiger partial charge in [-0.05, 0) is 50.8 Å². The number of fused-ring (bicyclic) bond motifs is 2. The zero-order chi connectivity index (χ0) is 16.8. The summed E-state index contributed by atoms with van der Waals surface area (Å²) in [6.45, 7) is 6.66. The molecule has 3 heterocycles. The van der Waals surface area contributed by atoms with Gasteiger partial charge in [-0.3, -0.25) is 4.79 Å². The number of amides is 1. The fraction of sp³-hybridized carbons (Fsp3) is 0.316. The van der Waals surface area contributed by atoms with Crippen molar-refractivity contribution < 1.29 is 4.79 Å². The predicted octanol–water partition coefficient (Wildman–Crippen LogP) is 4.21.